The molecular weight excluding hydrogens is 324 g/mol. The highest BCUT2D eigenvalue weighted by Crippen LogP contribution is 2.30. The smallest absolute Gasteiger partial charge is 0.264 e. The molecule has 122 valence electrons. The van der Waals surface area contributed by atoms with E-state index < -0.39 is 0 Å². The van der Waals surface area contributed by atoms with Gasteiger partial charge in [-0.05, 0) is 61.6 Å². The van der Waals surface area contributed by atoms with E-state index in [4.69, 9.17) is 11.6 Å². The highest BCUT2D eigenvalue weighted by molar-refractivity contribution is 6.30. The molecule has 1 saturated carbocycles. The quantitative estimate of drug-likeness (QED) is 0.730. The lowest BCUT2D eigenvalue weighted by Crippen LogP contribution is -2.24. The zero-order valence-corrected chi connectivity index (χ0v) is 14.1. The van der Waals surface area contributed by atoms with Crippen LogP contribution in [0, 0.1) is 12.8 Å². The molecule has 24 heavy (non-hydrogen) atoms. The number of halogens is 1. The third-order valence-corrected chi connectivity index (χ3v) is 4.57. The number of benzene rings is 1. The molecule has 6 heteroatoms. The first-order valence-electron chi connectivity index (χ1n) is 8.00. The van der Waals surface area contributed by atoms with Gasteiger partial charge in [0.15, 0.2) is 5.82 Å². The van der Waals surface area contributed by atoms with E-state index in [9.17, 15) is 4.79 Å². The van der Waals surface area contributed by atoms with Crippen molar-refractivity contribution >= 4 is 11.6 Å². The van der Waals surface area contributed by atoms with Crippen LogP contribution in [0.3, 0.4) is 0 Å². The fraction of sp³-hybridized carbons (Fsp3) is 0.278. The Morgan fingerprint density at radius 2 is 1.96 bits per heavy atom. The monoisotopic (exact) mass is 340 g/mol. The molecule has 0 unspecified atom stereocenters. The molecule has 1 fully saturated rings. The molecule has 0 amide bonds. The Morgan fingerprint density at radius 3 is 2.62 bits per heavy atom. The van der Waals surface area contributed by atoms with E-state index >= 15 is 0 Å². The Hall–Kier alpha value is -2.40. The van der Waals surface area contributed by atoms with Gasteiger partial charge in [0.1, 0.15) is 0 Å². The van der Waals surface area contributed by atoms with Gasteiger partial charge in [-0.25, -0.2) is 14.0 Å². The normalized spacial score (nSPS) is 14.1. The van der Waals surface area contributed by atoms with Crippen LogP contribution >= 0.6 is 11.6 Å². The average molecular weight is 341 g/mol. The van der Waals surface area contributed by atoms with E-state index in [1.54, 1.807) is 33.8 Å². The Labute approximate surface area is 144 Å². The van der Waals surface area contributed by atoms with E-state index in [1.165, 1.54) is 12.8 Å². The lowest BCUT2D eigenvalue weighted by Gasteiger charge is -2.07. The van der Waals surface area contributed by atoms with Gasteiger partial charge in [-0.3, -0.25) is 4.98 Å². The fourth-order valence-electron chi connectivity index (χ4n) is 2.79. The van der Waals surface area contributed by atoms with E-state index in [-0.39, 0.29) is 5.69 Å². The first-order chi connectivity index (χ1) is 11.6. The zero-order chi connectivity index (χ0) is 16.7. The molecule has 0 saturated heterocycles. The number of rotatable bonds is 4. The first kappa shape index (κ1) is 15.1. The van der Waals surface area contributed by atoms with E-state index in [0.29, 0.717) is 23.3 Å². The second kappa shape index (κ2) is 5.91. The van der Waals surface area contributed by atoms with Crippen LogP contribution in [-0.4, -0.2) is 19.3 Å². The molecule has 1 aliphatic carbocycles. The molecule has 1 aromatic carbocycles. The molecule has 0 spiro atoms. The maximum absolute atomic E-state index is 12.9. The van der Waals surface area contributed by atoms with Crippen molar-refractivity contribution in [1.82, 2.24) is 19.3 Å². The highest BCUT2D eigenvalue weighted by Gasteiger charge is 2.25. The standard InChI is InChI=1S/C18H17ClN4O/c1-12-10-20-9-8-16(12)17-21-22(11-13-2-3-13)18(24)23(17)15-6-4-14(19)5-7-15/h4-10,13H,2-3,11H2,1H3. The molecule has 2 heterocycles. The van der Waals surface area contributed by atoms with Crippen LogP contribution in [0.4, 0.5) is 0 Å². The molecule has 0 radical (unpaired) electrons. The van der Waals surface area contributed by atoms with Crippen LogP contribution in [0.15, 0.2) is 47.5 Å². The van der Waals surface area contributed by atoms with Gasteiger partial charge in [-0.1, -0.05) is 11.6 Å². The molecule has 3 aromatic rings. The van der Waals surface area contributed by atoms with Crippen molar-refractivity contribution in [3.63, 3.8) is 0 Å². The number of aromatic nitrogens is 4. The summed E-state index contributed by atoms with van der Waals surface area (Å²) in [5.41, 5.74) is 2.54. The van der Waals surface area contributed by atoms with Crippen LogP contribution in [-0.2, 0) is 6.54 Å². The topological polar surface area (TPSA) is 52.7 Å². The van der Waals surface area contributed by atoms with Crippen LogP contribution in [0.1, 0.15) is 18.4 Å². The number of hydrogen-bond acceptors (Lipinski definition) is 3. The predicted molar refractivity (Wildman–Crippen MR) is 93.5 cm³/mol. The molecule has 0 bridgehead atoms. The average Bonchev–Trinajstić information content (AvgIpc) is 3.34. The molecule has 4 rings (SSSR count). The minimum atomic E-state index is -0.115. The molecule has 1 aliphatic rings. The minimum Gasteiger partial charge on any atom is -0.264 e. The van der Waals surface area contributed by atoms with Crippen molar-refractivity contribution in [2.24, 2.45) is 5.92 Å². The molecule has 5 nitrogen and oxygen atoms in total. The van der Waals surface area contributed by atoms with Crippen LogP contribution in [0.2, 0.25) is 5.02 Å². The summed E-state index contributed by atoms with van der Waals surface area (Å²) in [6, 6.07) is 9.14. The molecule has 0 aliphatic heterocycles. The third kappa shape index (κ3) is 2.76. The summed E-state index contributed by atoms with van der Waals surface area (Å²) in [5.74, 6) is 1.21. The predicted octanol–water partition coefficient (Wildman–Crippen LogP) is 3.47. The Kier molecular flexibility index (Phi) is 3.73. The van der Waals surface area contributed by atoms with Gasteiger partial charge in [-0.15, -0.1) is 5.10 Å². The van der Waals surface area contributed by atoms with Gasteiger partial charge < -0.3 is 0 Å². The molecular formula is C18H17ClN4O. The van der Waals surface area contributed by atoms with Crippen LogP contribution in [0.25, 0.3) is 17.1 Å². The lowest BCUT2D eigenvalue weighted by atomic mass is 10.1. The Bertz CT molecular complexity index is 938. The number of nitrogens with zero attached hydrogens (tertiary/aromatic N) is 4. The summed E-state index contributed by atoms with van der Waals surface area (Å²) in [7, 11) is 0. The van der Waals surface area contributed by atoms with Gasteiger partial charge in [0.05, 0.1) is 5.69 Å². The molecule has 0 atom stereocenters. The van der Waals surface area contributed by atoms with Gasteiger partial charge in [0.2, 0.25) is 0 Å². The third-order valence-electron chi connectivity index (χ3n) is 4.31. The number of aryl methyl sites for hydroxylation is 1. The van der Waals surface area contributed by atoms with E-state index in [1.807, 2.05) is 25.1 Å². The van der Waals surface area contributed by atoms with E-state index in [0.717, 1.165) is 16.8 Å². The summed E-state index contributed by atoms with van der Waals surface area (Å²) in [5, 5.41) is 5.26. The van der Waals surface area contributed by atoms with Gasteiger partial charge in [-0.2, -0.15) is 0 Å². The van der Waals surface area contributed by atoms with E-state index in [2.05, 4.69) is 10.1 Å². The van der Waals surface area contributed by atoms with Gasteiger partial charge in [0, 0.05) is 29.5 Å². The van der Waals surface area contributed by atoms with Crippen molar-refractivity contribution in [2.75, 3.05) is 0 Å². The fourth-order valence-corrected chi connectivity index (χ4v) is 2.92. The van der Waals surface area contributed by atoms with Crippen molar-refractivity contribution in [3.8, 4) is 17.1 Å². The van der Waals surface area contributed by atoms with Crippen molar-refractivity contribution < 1.29 is 0 Å². The number of hydrogen-bond donors (Lipinski definition) is 0. The highest BCUT2D eigenvalue weighted by atomic mass is 35.5. The number of pyridine rings is 1. The van der Waals surface area contributed by atoms with Crippen LogP contribution in [0.5, 0.6) is 0 Å². The summed E-state index contributed by atoms with van der Waals surface area (Å²) in [6.07, 6.45) is 5.85. The molecule has 2 aromatic heterocycles. The van der Waals surface area contributed by atoms with Crippen molar-refractivity contribution in [1.29, 1.82) is 0 Å². The first-order valence-corrected chi connectivity index (χ1v) is 8.38. The molecule has 0 N–H and O–H groups in total. The van der Waals surface area contributed by atoms with Crippen molar-refractivity contribution in [2.45, 2.75) is 26.3 Å². The van der Waals surface area contributed by atoms with Crippen molar-refractivity contribution in [3.05, 3.63) is 63.8 Å². The summed E-state index contributed by atoms with van der Waals surface area (Å²) in [4.78, 5) is 17.1. The largest absolute Gasteiger partial charge is 0.350 e. The minimum absolute atomic E-state index is 0.115. The van der Waals surface area contributed by atoms with Crippen LogP contribution < -0.4 is 5.69 Å². The van der Waals surface area contributed by atoms with Gasteiger partial charge in [0.25, 0.3) is 0 Å². The second-order valence-corrected chi connectivity index (χ2v) is 6.67. The summed E-state index contributed by atoms with van der Waals surface area (Å²) >= 11 is 5.99. The second-order valence-electron chi connectivity index (χ2n) is 6.23. The summed E-state index contributed by atoms with van der Waals surface area (Å²) < 4.78 is 3.24. The Morgan fingerprint density at radius 1 is 1.21 bits per heavy atom. The Balaban J connectivity index is 1.92. The SMILES string of the molecule is Cc1cnccc1-c1nn(CC2CC2)c(=O)n1-c1ccc(Cl)cc1. The summed E-state index contributed by atoms with van der Waals surface area (Å²) in [6.45, 7) is 2.65. The maximum atomic E-state index is 12.9. The zero-order valence-electron chi connectivity index (χ0n) is 13.3. The van der Waals surface area contributed by atoms with Gasteiger partial charge >= 0.3 is 5.69 Å². The maximum Gasteiger partial charge on any atom is 0.350 e. The lowest BCUT2D eigenvalue weighted by molar-refractivity contribution is 0.543.